The smallest absolute Gasteiger partial charge is 0.159 e. The molecule has 0 atom stereocenters. The van der Waals surface area contributed by atoms with Crippen molar-refractivity contribution in [3.8, 4) is 11.1 Å². The zero-order valence-corrected chi connectivity index (χ0v) is 16.1. The first-order valence-electron chi connectivity index (χ1n) is 8.54. The predicted molar refractivity (Wildman–Crippen MR) is 104 cm³/mol. The summed E-state index contributed by atoms with van der Waals surface area (Å²) in [5.74, 6) is 0.939. The summed E-state index contributed by atoms with van der Waals surface area (Å²) in [5, 5.41) is 17.0. The minimum atomic E-state index is 0.0508. The third-order valence-corrected chi connectivity index (χ3v) is 6.01. The van der Waals surface area contributed by atoms with E-state index in [0.717, 1.165) is 46.5 Å². The highest BCUT2D eigenvalue weighted by molar-refractivity contribution is 6.45. The Morgan fingerprint density at radius 2 is 1.96 bits per heavy atom. The molecule has 0 aliphatic carbocycles. The molecule has 1 saturated heterocycles. The molecule has 5 nitrogen and oxygen atoms in total. The van der Waals surface area contributed by atoms with E-state index in [1.807, 2.05) is 13.0 Å². The number of H-pyrrole nitrogens is 2. The van der Waals surface area contributed by atoms with E-state index in [4.69, 9.17) is 23.2 Å². The van der Waals surface area contributed by atoms with E-state index in [-0.39, 0.29) is 5.54 Å². The molecule has 0 radical (unpaired) electrons. The zero-order valence-electron chi connectivity index (χ0n) is 14.6. The highest BCUT2D eigenvalue weighted by Gasteiger charge is 2.34. The van der Waals surface area contributed by atoms with Crippen LogP contribution < -0.4 is 4.90 Å². The summed E-state index contributed by atoms with van der Waals surface area (Å²) in [6, 6.07) is 1.82. The normalized spacial score (nSPS) is 17.4. The summed E-state index contributed by atoms with van der Waals surface area (Å²) >= 11 is 13.0. The molecule has 2 aromatic heterocycles. The Hall–Kier alpha value is -1.72. The van der Waals surface area contributed by atoms with Gasteiger partial charge in [-0.3, -0.25) is 10.2 Å². The SMILES string of the molecule is Cc1[nH]nc(N2CCCCC2(C)C)c1-c1c(Cl)c(Cl)cc2[nH]ncc12. The van der Waals surface area contributed by atoms with Crippen LogP contribution in [0.3, 0.4) is 0 Å². The van der Waals surface area contributed by atoms with Gasteiger partial charge in [-0.1, -0.05) is 23.2 Å². The van der Waals surface area contributed by atoms with Crippen molar-refractivity contribution < 1.29 is 0 Å². The minimum Gasteiger partial charge on any atom is -0.350 e. The lowest BCUT2D eigenvalue weighted by Gasteiger charge is -2.43. The van der Waals surface area contributed by atoms with E-state index < -0.39 is 0 Å². The number of hydrogen-bond donors (Lipinski definition) is 2. The monoisotopic (exact) mass is 377 g/mol. The molecule has 4 rings (SSSR count). The Kier molecular flexibility index (Phi) is 3.96. The average molecular weight is 378 g/mol. The number of aromatic amines is 2. The third kappa shape index (κ3) is 2.61. The summed E-state index contributed by atoms with van der Waals surface area (Å²) in [5.41, 5.74) is 3.79. The Morgan fingerprint density at radius 3 is 2.72 bits per heavy atom. The van der Waals surface area contributed by atoms with Crippen LogP contribution in [-0.2, 0) is 0 Å². The standard InChI is InChI=1S/C18H21Cl2N5/c1-10-14(15-11-9-21-23-13(11)8-12(19)16(15)20)17(24-22-10)25-7-5-4-6-18(25,2)3/h8-9H,4-7H2,1-3H3,(H,21,23)(H,22,24). The van der Waals surface area contributed by atoms with Gasteiger partial charge in [0.2, 0.25) is 0 Å². The van der Waals surface area contributed by atoms with Gasteiger partial charge in [0.25, 0.3) is 0 Å². The molecule has 0 unspecified atom stereocenters. The highest BCUT2D eigenvalue weighted by Crippen LogP contribution is 2.45. The summed E-state index contributed by atoms with van der Waals surface area (Å²) in [6.45, 7) is 7.54. The number of halogens is 2. The molecule has 1 aromatic carbocycles. The van der Waals surface area contributed by atoms with Gasteiger partial charge < -0.3 is 4.90 Å². The van der Waals surface area contributed by atoms with Gasteiger partial charge in [-0.05, 0) is 46.1 Å². The van der Waals surface area contributed by atoms with Gasteiger partial charge in [-0.15, -0.1) is 0 Å². The van der Waals surface area contributed by atoms with Gasteiger partial charge in [0.05, 0.1) is 21.8 Å². The fourth-order valence-corrected chi connectivity index (χ4v) is 4.30. The van der Waals surface area contributed by atoms with Crippen LogP contribution in [0.4, 0.5) is 5.82 Å². The Bertz CT molecular complexity index is 940. The molecule has 3 heterocycles. The number of aryl methyl sites for hydroxylation is 1. The van der Waals surface area contributed by atoms with Crippen molar-refractivity contribution >= 4 is 39.9 Å². The lowest BCUT2D eigenvalue weighted by atomic mass is 9.89. The lowest BCUT2D eigenvalue weighted by Crippen LogP contribution is -2.48. The van der Waals surface area contributed by atoms with E-state index >= 15 is 0 Å². The van der Waals surface area contributed by atoms with Crippen LogP contribution in [-0.4, -0.2) is 32.5 Å². The molecular formula is C18H21Cl2N5. The number of nitrogens with one attached hydrogen (secondary N) is 2. The first-order valence-corrected chi connectivity index (χ1v) is 9.30. The van der Waals surface area contributed by atoms with Crippen LogP contribution in [0.25, 0.3) is 22.0 Å². The maximum Gasteiger partial charge on any atom is 0.159 e. The summed E-state index contributed by atoms with van der Waals surface area (Å²) in [6.07, 6.45) is 5.35. The second-order valence-corrected chi connectivity index (χ2v) is 8.13. The maximum atomic E-state index is 6.64. The predicted octanol–water partition coefficient (Wildman–Crippen LogP) is 5.34. The third-order valence-electron chi connectivity index (χ3n) is 5.22. The maximum absolute atomic E-state index is 6.64. The molecular weight excluding hydrogens is 357 g/mol. The number of benzene rings is 1. The second kappa shape index (κ2) is 5.92. The number of aromatic nitrogens is 4. The van der Waals surface area contributed by atoms with Crippen molar-refractivity contribution in [2.75, 3.05) is 11.4 Å². The number of anilines is 1. The minimum absolute atomic E-state index is 0.0508. The molecule has 132 valence electrons. The van der Waals surface area contributed by atoms with Gasteiger partial charge in [-0.2, -0.15) is 10.2 Å². The lowest BCUT2D eigenvalue weighted by molar-refractivity contribution is 0.359. The van der Waals surface area contributed by atoms with Gasteiger partial charge in [0, 0.05) is 34.3 Å². The fraction of sp³-hybridized carbons (Fsp3) is 0.444. The summed E-state index contributed by atoms with van der Waals surface area (Å²) in [4.78, 5) is 2.39. The van der Waals surface area contributed by atoms with Gasteiger partial charge in [0.15, 0.2) is 5.82 Å². The molecule has 3 aromatic rings. The molecule has 0 amide bonds. The van der Waals surface area contributed by atoms with Crippen molar-refractivity contribution in [3.63, 3.8) is 0 Å². The van der Waals surface area contributed by atoms with Crippen molar-refractivity contribution in [1.82, 2.24) is 20.4 Å². The Balaban J connectivity index is 1.98. The van der Waals surface area contributed by atoms with Gasteiger partial charge in [0.1, 0.15) is 0 Å². The number of fused-ring (bicyclic) bond motifs is 1. The van der Waals surface area contributed by atoms with Crippen molar-refractivity contribution in [2.24, 2.45) is 0 Å². The van der Waals surface area contributed by atoms with Crippen LogP contribution in [0.2, 0.25) is 10.0 Å². The van der Waals surface area contributed by atoms with Gasteiger partial charge in [-0.25, -0.2) is 0 Å². The number of nitrogens with zero attached hydrogens (tertiary/aromatic N) is 3. The van der Waals surface area contributed by atoms with E-state index in [1.54, 1.807) is 6.20 Å². The molecule has 0 saturated carbocycles. The summed E-state index contributed by atoms with van der Waals surface area (Å²) < 4.78 is 0. The summed E-state index contributed by atoms with van der Waals surface area (Å²) in [7, 11) is 0. The number of hydrogen-bond acceptors (Lipinski definition) is 3. The zero-order chi connectivity index (χ0) is 17.8. The molecule has 1 aliphatic heterocycles. The second-order valence-electron chi connectivity index (χ2n) is 7.35. The van der Waals surface area contributed by atoms with E-state index in [9.17, 15) is 0 Å². The molecule has 0 spiro atoms. The highest BCUT2D eigenvalue weighted by atomic mass is 35.5. The van der Waals surface area contributed by atoms with Gasteiger partial charge >= 0.3 is 0 Å². The molecule has 2 N–H and O–H groups in total. The van der Waals surface area contributed by atoms with E-state index in [0.29, 0.717) is 10.0 Å². The van der Waals surface area contributed by atoms with Crippen molar-refractivity contribution in [3.05, 3.63) is 28.0 Å². The Morgan fingerprint density at radius 1 is 1.16 bits per heavy atom. The largest absolute Gasteiger partial charge is 0.350 e. The quantitative estimate of drug-likeness (QED) is 0.633. The topological polar surface area (TPSA) is 60.6 Å². The van der Waals surface area contributed by atoms with Crippen LogP contribution in [0.15, 0.2) is 12.3 Å². The molecule has 7 heteroatoms. The Labute approximate surface area is 156 Å². The van der Waals surface area contributed by atoms with Crippen LogP contribution in [0.5, 0.6) is 0 Å². The molecule has 1 fully saturated rings. The fourth-order valence-electron chi connectivity index (χ4n) is 3.85. The van der Waals surface area contributed by atoms with Crippen LogP contribution >= 0.6 is 23.2 Å². The number of piperidine rings is 1. The van der Waals surface area contributed by atoms with E-state index in [1.165, 1.54) is 12.8 Å². The van der Waals surface area contributed by atoms with Crippen molar-refractivity contribution in [1.29, 1.82) is 0 Å². The van der Waals surface area contributed by atoms with Crippen LogP contribution in [0, 0.1) is 6.92 Å². The molecule has 1 aliphatic rings. The first-order chi connectivity index (χ1) is 11.9. The van der Waals surface area contributed by atoms with Crippen LogP contribution in [0.1, 0.15) is 38.8 Å². The molecule has 0 bridgehead atoms. The van der Waals surface area contributed by atoms with E-state index in [2.05, 4.69) is 39.1 Å². The molecule has 25 heavy (non-hydrogen) atoms. The first kappa shape index (κ1) is 16.7. The number of rotatable bonds is 2. The average Bonchev–Trinajstić information content (AvgIpc) is 3.15. The van der Waals surface area contributed by atoms with Crippen molar-refractivity contribution in [2.45, 2.75) is 45.6 Å².